The van der Waals surface area contributed by atoms with E-state index >= 15 is 0 Å². The maximum Gasteiger partial charge on any atom is 0.269 e. The molecule has 168 valence electrons. The minimum absolute atomic E-state index is 0.0588. The summed E-state index contributed by atoms with van der Waals surface area (Å²) >= 11 is 0. The Balaban J connectivity index is 1.27. The van der Waals surface area contributed by atoms with Gasteiger partial charge in [-0.15, -0.1) is 0 Å². The van der Waals surface area contributed by atoms with E-state index in [1.165, 1.54) is 44.2 Å². The van der Waals surface area contributed by atoms with Gasteiger partial charge in [0.1, 0.15) is 0 Å². The largest absolute Gasteiger partial charge is 0.393 e. The Labute approximate surface area is 184 Å². The molecule has 0 amide bonds. The van der Waals surface area contributed by atoms with Gasteiger partial charge in [-0.3, -0.25) is 10.1 Å². The van der Waals surface area contributed by atoms with Crippen LogP contribution in [0.3, 0.4) is 0 Å². The normalized spacial score (nSPS) is 43.1. The molecule has 1 aromatic rings. The molecular weight excluding hydrogens is 392 g/mol. The Morgan fingerprint density at radius 2 is 1.77 bits per heavy atom. The lowest BCUT2D eigenvalue weighted by Gasteiger charge is -2.60. The highest BCUT2D eigenvalue weighted by Gasteiger charge is 2.59. The Bertz CT molecular complexity index is 884. The molecule has 0 spiro atoms. The number of non-ortho nitro benzene ring substituents is 1. The highest BCUT2D eigenvalue weighted by atomic mass is 16.6. The maximum atomic E-state index is 10.8. The number of aliphatic hydroxyl groups excluding tert-OH is 1. The average Bonchev–Trinajstić information content (AvgIpc) is 3.07. The molecule has 0 radical (unpaired) electrons. The van der Waals surface area contributed by atoms with E-state index in [1.807, 2.05) is 0 Å². The molecule has 0 heterocycles. The zero-order valence-electron chi connectivity index (χ0n) is 18.6. The monoisotopic (exact) mass is 426 g/mol. The van der Waals surface area contributed by atoms with Crippen LogP contribution in [0.2, 0.25) is 0 Å². The van der Waals surface area contributed by atoms with Crippen molar-refractivity contribution < 1.29 is 14.9 Å². The van der Waals surface area contributed by atoms with Gasteiger partial charge < -0.3 is 9.94 Å². The molecule has 4 saturated carbocycles. The summed E-state index contributed by atoms with van der Waals surface area (Å²) in [5, 5.41) is 25.9. The molecule has 5 rings (SSSR count). The van der Waals surface area contributed by atoms with Gasteiger partial charge in [-0.2, -0.15) is 0 Å². The van der Waals surface area contributed by atoms with Crippen molar-refractivity contribution in [2.75, 3.05) is 0 Å². The van der Waals surface area contributed by atoms with E-state index < -0.39 is 4.92 Å². The number of nitrogens with zero attached hydrogens (tertiary/aromatic N) is 2. The smallest absolute Gasteiger partial charge is 0.269 e. The molecule has 4 fully saturated rings. The van der Waals surface area contributed by atoms with E-state index in [4.69, 9.17) is 4.84 Å². The second-order valence-electron chi connectivity index (χ2n) is 11.0. The fraction of sp³-hybridized carbons (Fsp3) is 0.720. The fourth-order valence-corrected chi connectivity index (χ4v) is 7.86. The number of oxime groups is 1. The second kappa shape index (κ2) is 7.58. The number of hydrogen-bond donors (Lipinski definition) is 1. The van der Waals surface area contributed by atoms with Crippen LogP contribution in [0.5, 0.6) is 5.75 Å². The summed E-state index contributed by atoms with van der Waals surface area (Å²) in [6, 6.07) is 6.11. The van der Waals surface area contributed by atoms with Gasteiger partial charge in [0.25, 0.3) is 5.69 Å². The number of nitro groups is 1. The average molecular weight is 427 g/mol. The van der Waals surface area contributed by atoms with Crippen LogP contribution < -0.4 is 4.84 Å². The Hall–Kier alpha value is -1.95. The number of rotatable bonds is 3. The van der Waals surface area contributed by atoms with Crippen molar-refractivity contribution in [1.82, 2.24) is 0 Å². The molecule has 0 bridgehead atoms. The minimum Gasteiger partial charge on any atom is -0.393 e. The summed E-state index contributed by atoms with van der Waals surface area (Å²) in [5.74, 6) is 3.43. The van der Waals surface area contributed by atoms with E-state index in [0.29, 0.717) is 23.0 Å². The zero-order valence-corrected chi connectivity index (χ0v) is 18.6. The van der Waals surface area contributed by atoms with Crippen molar-refractivity contribution in [1.29, 1.82) is 0 Å². The fourth-order valence-electron chi connectivity index (χ4n) is 7.86. The molecule has 0 aromatic heterocycles. The van der Waals surface area contributed by atoms with Crippen molar-refractivity contribution in [2.24, 2.45) is 39.7 Å². The molecule has 4 aliphatic rings. The van der Waals surface area contributed by atoms with Gasteiger partial charge in [-0.25, -0.2) is 0 Å². The molecule has 0 saturated heterocycles. The van der Waals surface area contributed by atoms with Crippen LogP contribution in [-0.2, 0) is 0 Å². The lowest BCUT2D eigenvalue weighted by molar-refractivity contribution is -0.384. The third-order valence-electron chi connectivity index (χ3n) is 9.78. The highest BCUT2D eigenvalue weighted by Crippen LogP contribution is 2.66. The van der Waals surface area contributed by atoms with E-state index in [2.05, 4.69) is 19.0 Å². The van der Waals surface area contributed by atoms with Crippen LogP contribution >= 0.6 is 0 Å². The van der Waals surface area contributed by atoms with Crippen molar-refractivity contribution in [3.63, 3.8) is 0 Å². The quantitative estimate of drug-likeness (QED) is 0.494. The van der Waals surface area contributed by atoms with Gasteiger partial charge in [-0.1, -0.05) is 19.0 Å². The second-order valence-corrected chi connectivity index (χ2v) is 11.0. The molecule has 4 aliphatic carbocycles. The molecule has 1 aromatic carbocycles. The van der Waals surface area contributed by atoms with Crippen molar-refractivity contribution in [3.05, 3.63) is 34.4 Å². The van der Waals surface area contributed by atoms with Crippen LogP contribution in [-0.4, -0.2) is 21.8 Å². The van der Waals surface area contributed by atoms with E-state index in [-0.39, 0.29) is 17.2 Å². The summed E-state index contributed by atoms with van der Waals surface area (Å²) in [6.45, 7) is 4.87. The maximum absolute atomic E-state index is 10.8. The Morgan fingerprint density at radius 3 is 2.52 bits per heavy atom. The highest BCUT2D eigenvalue weighted by molar-refractivity contribution is 5.85. The number of nitro benzene ring substituents is 1. The topological polar surface area (TPSA) is 85.0 Å². The summed E-state index contributed by atoms with van der Waals surface area (Å²) in [4.78, 5) is 16.0. The zero-order chi connectivity index (χ0) is 21.8. The molecule has 0 aliphatic heterocycles. The first-order chi connectivity index (χ1) is 14.8. The Morgan fingerprint density at radius 1 is 1.03 bits per heavy atom. The first-order valence-electron chi connectivity index (χ1n) is 12.0. The van der Waals surface area contributed by atoms with Gasteiger partial charge >= 0.3 is 0 Å². The summed E-state index contributed by atoms with van der Waals surface area (Å²) in [5.41, 5.74) is 1.69. The first kappa shape index (κ1) is 20.9. The van der Waals surface area contributed by atoms with Crippen LogP contribution in [0, 0.1) is 44.6 Å². The van der Waals surface area contributed by atoms with Crippen LogP contribution in [0.25, 0.3) is 0 Å². The summed E-state index contributed by atoms with van der Waals surface area (Å²) in [6.07, 6.45) is 10.2. The third-order valence-corrected chi connectivity index (χ3v) is 9.78. The van der Waals surface area contributed by atoms with E-state index in [1.54, 1.807) is 12.1 Å². The predicted molar refractivity (Wildman–Crippen MR) is 119 cm³/mol. The van der Waals surface area contributed by atoms with Crippen LogP contribution in [0.15, 0.2) is 29.4 Å². The lowest BCUT2D eigenvalue weighted by atomic mass is 9.45. The molecule has 6 nitrogen and oxygen atoms in total. The SMILES string of the molecule is C[C@]12CC/C(=N\Oc3ccc([N+](=O)[O-])cc3)C[C@@H]1CC[C@@H]1[C@@H]2CC[C@]2(C)[C@@H](O)CC[C@@H]12. The lowest BCUT2D eigenvalue weighted by Crippen LogP contribution is -2.54. The number of aliphatic hydroxyl groups is 1. The molecule has 6 heteroatoms. The van der Waals surface area contributed by atoms with Crippen molar-refractivity contribution in [3.8, 4) is 5.75 Å². The van der Waals surface area contributed by atoms with E-state index in [9.17, 15) is 15.2 Å². The van der Waals surface area contributed by atoms with Crippen LogP contribution in [0.1, 0.15) is 71.6 Å². The van der Waals surface area contributed by atoms with Crippen molar-refractivity contribution >= 4 is 11.4 Å². The predicted octanol–water partition coefficient (Wildman–Crippen LogP) is 5.73. The first-order valence-corrected chi connectivity index (χ1v) is 12.0. The van der Waals surface area contributed by atoms with Gasteiger partial charge in [0.15, 0.2) is 5.75 Å². The summed E-state index contributed by atoms with van der Waals surface area (Å²) in [7, 11) is 0. The van der Waals surface area contributed by atoms with Gasteiger partial charge in [-0.05, 0) is 104 Å². The number of benzene rings is 1. The van der Waals surface area contributed by atoms with E-state index in [0.717, 1.165) is 43.2 Å². The van der Waals surface area contributed by atoms with Gasteiger partial charge in [0.2, 0.25) is 0 Å². The van der Waals surface area contributed by atoms with Crippen molar-refractivity contribution in [2.45, 2.75) is 77.7 Å². The van der Waals surface area contributed by atoms with Gasteiger partial charge in [0.05, 0.1) is 16.7 Å². The number of hydrogen-bond acceptors (Lipinski definition) is 5. The van der Waals surface area contributed by atoms with Gasteiger partial charge in [0, 0.05) is 12.1 Å². The molecular formula is C25H34N2O4. The Kier molecular flexibility index (Phi) is 5.11. The number of fused-ring (bicyclic) bond motifs is 5. The minimum atomic E-state index is -0.409. The standard InChI is InChI=1S/C25H34N2O4/c1-24-13-11-17(26-31-19-6-4-18(5-7-19)27(29)30)15-16(24)3-8-20-21-9-10-23(28)25(21,2)14-12-22(20)24/h4-7,16,20-23,28H,3,8-15H2,1-2H3/b26-17+/t16-,20-,21-,22-,23-,24-,25-/m0/s1. The molecule has 1 N–H and O–H groups in total. The molecule has 0 unspecified atom stereocenters. The third kappa shape index (κ3) is 3.38. The van der Waals surface area contributed by atoms with Crippen LogP contribution in [0.4, 0.5) is 5.69 Å². The summed E-state index contributed by atoms with van der Waals surface area (Å²) < 4.78 is 0. The molecule has 7 atom stereocenters. The molecule has 31 heavy (non-hydrogen) atoms.